The molecule has 0 fully saturated rings. The summed E-state index contributed by atoms with van der Waals surface area (Å²) in [6.45, 7) is 0. The van der Waals surface area contributed by atoms with Crippen LogP contribution in [0.4, 0.5) is 0 Å². The first kappa shape index (κ1) is 15.3. The summed E-state index contributed by atoms with van der Waals surface area (Å²) in [4.78, 5) is 33.1. The van der Waals surface area contributed by atoms with Crippen molar-refractivity contribution in [3.63, 3.8) is 0 Å². The molecule has 0 saturated heterocycles. The Balaban J connectivity index is 2.87. The van der Waals surface area contributed by atoms with E-state index in [1.165, 1.54) is 18.2 Å². The van der Waals surface area contributed by atoms with Crippen LogP contribution in [-0.2, 0) is 9.59 Å². The Hall–Kier alpha value is -1.79. The van der Waals surface area contributed by atoms with Gasteiger partial charge in [0.2, 0.25) is 0 Å². The summed E-state index contributed by atoms with van der Waals surface area (Å²) >= 11 is 11.4. The van der Waals surface area contributed by atoms with E-state index in [0.717, 1.165) is 0 Å². The van der Waals surface area contributed by atoms with E-state index < -0.39 is 30.3 Å². The van der Waals surface area contributed by atoms with Crippen LogP contribution in [0.1, 0.15) is 16.8 Å². The third kappa shape index (κ3) is 4.42. The van der Waals surface area contributed by atoms with Gasteiger partial charge in [0.1, 0.15) is 6.04 Å². The minimum atomic E-state index is -1.53. The number of rotatable bonds is 5. The molecule has 0 aliphatic heterocycles. The predicted molar refractivity (Wildman–Crippen MR) is 67.6 cm³/mol. The average molecular weight is 306 g/mol. The summed E-state index contributed by atoms with van der Waals surface area (Å²) in [5.74, 6) is -3.56. The molecule has 8 heteroatoms. The molecule has 0 saturated carbocycles. The van der Waals surface area contributed by atoms with Gasteiger partial charge < -0.3 is 15.5 Å². The van der Waals surface area contributed by atoms with E-state index in [-0.39, 0.29) is 10.6 Å². The van der Waals surface area contributed by atoms with Crippen molar-refractivity contribution in [3.8, 4) is 0 Å². The van der Waals surface area contributed by atoms with Crippen LogP contribution in [0.5, 0.6) is 0 Å². The SMILES string of the molecule is O=C(O)CC(NC(=O)c1ccc(Cl)cc1Cl)C(=O)O. The van der Waals surface area contributed by atoms with Crippen molar-refractivity contribution >= 4 is 41.0 Å². The first-order valence-corrected chi connectivity index (χ1v) is 5.77. The molecule has 0 heterocycles. The van der Waals surface area contributed by atoms with Crippen LogP contribution < -0.4 is 5.32 Å². The van der Waals surface area contributed by atoms with Crippen molar-refractivity contribution in [2.75, 3.05) is 0 Å². The Morgan fingerprint density at radius 1 is 1.21 bits per heavy atom. The highest BCUT2D eigenvalue weighted by atomic mass is 35.5. The van der Waals surface area contributed by atoms with Crippen molar-refractivity contribution in [2.45, 2.75) is 12.5 Å². The minimum absolute atomic E-state index is 0.0164. The molecule has 1 amide bonds. The van der Waals surface area contributed by atoms with E-state index in [0.29, 0.717) is 5.02 Å². The van der Waals surface area contributed by atoms with Gasteiger partial charge in [-0.05, 0) is 18.2 Å². The molecule has 0 aliphatic carbocycles. The van der Waals surface area contributed by atoms with E-state index in [4.69, 9.17) is 33.4 Å². The van der Waals surface area contributed by atoms with Crippen LogP contribution in [0, 0.1) is 0 Å². The lowest BCUT2D eigenvalue weighted by atomic mass is 10.1. The molecule has 1 aromatic carbocycles. The Morgan fingerprint density at radius 3 is 2.32 bits per heavy atom. The van der Waals surface area contributed by atoms with Gasteiger partial charge in [0.05, 0.1) is 17.0 Å². The standard InChI is InChI=1S/C11H9Cl2NO5/c12-5-1-2-6(7(13)3-5)10(17)14-8(11(18)19)4-9(15)16/h1-3,8H,4H2,(H,14,17)(H,15,16)(H,18,19). The van der Waals surface area contributed by atoms with Crippen molar-refractivity contribution in [1.29, 1.82) is 0 Å². The lowest BCUT2D eigenvalue weighted by molar-refractivity contribution is -0.145. The predicted octanol–water partition coefficient (Wildman–Crippen LogP) is 1.65. The van der Waals surface area contributed by atoms with Crippen LogP contribution in [0.25, 0.3) is 0 Å². The van der Waals surface area contributed by atoms with E-state index in [9.17, 15) is 14.4 Å². The maximum Gasteiger partial charge on any atom is 0.326 e. The molecule has 0 aromatic heterocycles. The number of nitrogens with one attached hydrogen (secondary N) is 1. The second-order valence-corrected chi connectivity index (χ2v) is 4.43. The van der Waals surface area contributed by atoms with E-state index in [1.54, 1.807) is 0 Å². The zero-order valence-corrected chi connectivity index (χ0v) is 10.9. The van der Waals surface area contributed by atoms with Gasteiger partial charge in [-0.2, -0.15) is 0 Å². The Morgan fingerprint density at radius 2 is 1.84 bits per heavy atom. The van der Waals surface area contributed by atoms with Gasteiger partial charge >= 0.3 is 11.9 Å². The summed E-state index contributed by atoms with van der Waals surface area (Å²) in [6.07, 6.45) is -0.730. The maximum atomic E-state index is 11.8. The van der Waals surface area contributed by atoms with Gasteiger partial charge in [0, 0.05) is 5.02 Å². The minimum Gasteiger partial charge on any atom is -0.481 e. The van der Waals surface area contributed by atoms with E-state index in [2.05, 4.69) is 5.32 Å². The first-order valence-electron chi connectivity index (χ1n) is 5.01. The smallest absolute Gasteiger partial charge is 0.326 e. The summed E-state index contributed by atoms with van der Waals surface area (Å²) in [7, 11) is 0. The van der Waals surface area contributed by atoms with Crippen LogP contribution in [0.3, 0.4) is 0 Å². The number of benzene rings is 1. The first-order chi connectivity index (χ1) is 8.81. The van der Waals surface area contributed by atoms with Gasteiger partial charge in [-0.3, -0.25) is 9.59 Å². The molecular weight excluding hydrogens is 297 g/mol. The molecule has 1 aromatic rings. The number of hydrogen-bond acceptors (Lipinski definition) is 3. The fourth-order valence-electron chi connectivity index (χ4n) is 1.28. The molecule has 3 N–H and O–H groups in total. The largest absolute Gasteiger partial charge is 0.481 e. The molecule has 6 nitrogen and oxygen atoms in total. The molecule has 0 radical (unpaired) electrons. The van der Waals surface area contributed by atoms with Crippen LogP contribution >= 0.6 is 23.2 Å². The number of aliphatic carboxylic acids is 2. The van der Waals surface area contributed by atoms with Gasteiger partial charge in [0.25, 0.3) is 5.91 Å². The number of halogens is 2. The number of carboxylic acid groups (broad SMARTS) is 2. The Kier molecular flexibility index (Phi) is 5.14. The fraction of sp³-hybridized carbons (Fsp3) is 0.182. The van der Waals surface area contributed by atoms with Crippen molar-refractivity contribution in [3.05, 3.63) is 33.8 Å². The number of carboxylic acids is 2. The third-order valence-corrected chi connectivity index (χ3v) is 2.71. The normalized spacial score (nSPS) is 11.7. The van der Waals surface area contributed by atoms with Crippen molar-refractivity contribution in [2.24, 2.45) is 0 Å². The van der Waals surface area contributed by atoms with Gasteiger partial charge in [0.15, 0.2) is 0 Å². The molecule has 19 heavy (non-hydrogen) atoms. The molecule has 1 atom stereocenters. The number of hydrogen-bond donors (Lipinski definition) is 3. The molecule has 0 aliphatic rings. The lowest BCUT2D eigenvalue weighted by Crippen LogP contribution is -2.42. The highest BCUT2D eigenvalue weighted by molar-refractivity contribution is 6.36. The van der Waals surface area contributed by atoms with Crippen molar-refractivity contribution < 1.29 is 24.6 Å². The second-order valence-electron chi connectivity index (χ2n) is 3.59. The van der Waals surface area contributed by atoms with Gasteiger partial charge in [-0.1, -0.05) is 23.2 Å². The highest BCUT2D eigenvalue weighted by Gasteiger charge is 2.24. The van der Waals surface area contributed by atoms with Gasteiger partial charge in [-0.15, -0.1) is 0 Å². The lowest BCUT2D eigenvalue weighted by Gasteiger charge is -2.13. The van der Waals surface area contributed by atoms with Crippen LogP contribution in [0.2, 0.25) is 10.0 Å². The van der Waals surface area contributed by atoms with E-state index in [1.807, 2.05) is 0 Å². The molecule has 1 unspecified atom stereocenters. The molecule has 0 bridgehead atoms. The highest BCUT2D eigenvalue weighted by Crippen LogP contribution is 2.21. The fourth-order valence-corrected chi connectivity index (χ4v) is 1.78. The zero-order valence-electron chi connectivity index (χ0n) is 9.39. The van der Waals surface area contributed by atoms with Crippen LogP contribution in [0.15, 0.2) is 18.2 Å². The number of carbonyl (C=O) groups is 3. The zero-order chi connectivity index (χ0) is 14.6. The molecule has 0 spiro atoms. The molecule has 1 rings (SSSR count). The topological polar surface area (TPSA) is 104 Å². The maximum absolute atomic E-state index is 11.8. The summed E-state index contributed by atoms with van der Waals surface area (Å²) in [6, 6.07) is 2.52. The monoisotopic (exact) mass is 305 g/mol. The number of carbonyl (C=O) groups excluding carboxylic acids is 1. The quantitative estimate of drug-likeness (QED) is 0.767. The summed E-state index contributed by atoms with van der Waals surface area (Å²) in [5, 5.41) is 19.8. The second kappa shape index (κ2) is 6.40. The van der Waals surface area contributed by atoms with Crippen molar-refractivity contribution in [1.82, 2.24) is 5.32 Å². The average Bonchev–Trinajstić information content (AvgIpc) is 2.26. The molecular formula is C11H9Cl2NO5. The van der Waals surface area contributed by atoms with Gasteiger partial charge in [-0.25, -0.2) is 4.79 Å². The summed E-state index contributed by atoms with van der Waals surface area (Å²) < 4.78 is 0. The Bertz CT molecular complexity index is 532. The van der Waals surface area contributed by atoms with E-state index >= 15 is 0 Å². The third-order valence-electron chi connectivity index (χ3n) is 2.16. The Labute approximate surface area is 117 Å². The molecule has 102 valence electrons. The summed E-state index contributed by atoms with van der Waals surface area (Å²) in [5.41, 5.74) is 0.0164. The number of amides is 1. The van der Waals surface area contributed by atoms with Crippen LogP contribution in [-0.4, -0.2) is 34.1 Å².